The number of benzene rings is 2. The van der Waals surface area contributed by atoms with Crippen LogP contribution >= 0.6 is 15.9 Å². The summed E-state index contributed by atoms with van der Waals surface area (Å²) in [7, 11) is 0. The van der Waals surface area contributed by atoms with Gasteiger partial charge in [-0.3, -0.25) is 4.79 Å². The van der Waals surface area contributed by atoms with Gasteiger partial charge in [-0.25, -0.2) is 0 Å². The molecular formula is C16H16BrNO2. The van der Waals surface area contributed by atoms with Gasteiger partial charge in [0.1, 0.15) is 0 Å². The number of nitrogens with one attached hydrogen (secondary N) is 1. The molecule has 2 N–H and O–H groups in total. The molecule has 2 aromatic rings. The van der Waals surface area contributed by atoms with Crippen molar-refractivity contribution < 1.29 is 9.90 Å². The van der Waals surface area contributed by atoms with Crippen molar-refractivity contribution in [1.82, 2.24) is 5.32 Å². The zero-order valence-corrected chi connectivity index (χ0v) is 12.6. The van der Waals surface area contributed by atoms with Crippen molar-refractivity contribution in [3.63, 3.8) is 0 Å². The third-order valence-electron chi connectivity index (χ3n) is 2.99. The Kier molecular flexibility index (Phi) is 5.32. The maximum absolute atomic E-state index is 11.9. The van der Waals surface area contributed by atoms with Crippen LogP contribution in [0.3, 0.4) is 0 Å². The minimum absolute atomic E-state index is 0.0555. The van der Waals surface area contributed by atoms with Gasteiger partial charge in [0.15, 0.2) is 0 Å². The van der Waals surface area contributed by atoms with Crippen LogP contribution in [0.15, 0.2) is 53.0 Å². The Hall–Kier alpha value is -1.65. The number of amides is 1. The van der Waals surface area contributed by atoms with Crippen LogP contribution < -0.4 is 5.32 Å². The van der Waals surface area contributed by atoms with Crippen molar-refractivity contribution >= 4 is 21.8 Å². The number of hydrogen-bond donors (Lipinski definition) is 2. The molecule has 2 aromatic carbocycles. The van der Waals surface area contributed by atoms with E-state index in [1.54, 1.807) is 12.1 Å². The second-order valence-electron chi connectivity index (χ2n) is 4.49. The lowest BCUT2D eigenvalue weighted by Crippen LogP contribution is -2.25. The fourth-order valence-corrected chi connectivity index (χ4v) is 2.26. The van der Waals surface area contributed by atoms with E-state index in [9.17, 15) is 4.79 Å². The molecule has 0 fully saturated rings. The van der Waals surface area contributed by atoms with Crippen molar-refractivity contribution in [1.29, 1.82) is 0 Å². The zero-order chi connectivity index (χ0) is 14.4. The highest BCUT2D eigenvalue weighted by Gasteiger charge is 2.04. The molecular weight excluding hydrogens is 318 g/mol. The molecule has 0 saturated carbocycles. The Morgan fingerprint density at radius 2 is 1.80 bits per heavy atom. The first-order valence-electron chi connectivity index (χ1n) is 6.41. The first-order valence-corrected chi connectivity index (χ1v) is 7.21. The van der Waals surface area contributed by atoms with Gasteiger partial charge in [0, 0.05) is 16.6 Å². The van der Waals surface area contributed by atoms with E-state index in [0.717, 1.165) is 22.0 Å². The molecule has 0 aromatic heterocycles. The lowest BCUT2D eigenvalue weighted by molar-refractivity contribution is 0.0954. The van der Waals surface area contributed by atoms with Crippen LogP contribution in [-0.2, 0) is 13.0 Å². The lowest BCUT2D eigenvalue weighted by Gasteiger charge is -2.06. The number of carbonyl (C=O) groups is 1. The maximum Gasteiger partial charge on any atom is 0.251 e. The summed E-state index contributed by atoms with van der Waals surface area (Å²) >= 11 is 3.35. The molecule has 0 aliphatic rings. The second kappa shape index (κ2) is 7.22. The molecule has 0 spiro atoms. The van der Waals surface area contributed by atoms with Crippen molar-refractivity contribution in [2.24, 2.45) is 0 Å². The van der Waals surface area contributed by atoms with Crippen molar-refractivity contribution in [3.8, 4) is 0 Å². The summed E-state index contributed by atoms with van der Waals surface area (Å²) < 4.78 is 0.893. The standard InChI is InChI=1S/C16H16BrNO2/c17-15-3-1-2-14(10-15)16(20)18-9-8-12-4-6-13(11-19)7-5-12/h1-7,10,19H,8-9,11H2,(H,18,20). The Balaban J connectivity index is 1.84. The summed E-state index contributed by atoms with van der Waals surface area (Å²) in [5, 5.41) is 11.9. The van der Waals surface area contributed by atoms with Crippen LogP contribution in [0.5, 0.6) is 0 Å². The summed E-state index contributed by atoms with van der Waals surface area (Å²) in [5.41, 5.74) is 2.68. The smallest absolute Gasteiger partial charge is 0.251 e. The summed E-state index contributed by atoms with van der Waals surface area (Å²) in [4.78, 5) is 11.9. The van der Waals surface area contributed by atoms with E-state index in [1.165, 1.54) is 0 Å². The van der Waals surface area contributed by atoms with E-state index < -0.39 is 0 Å². The van der Waals surface area contributed by atoms with Gasteiger partial charge in [-0.2, -0.15) is 0 Å². The molecule has 20 heavy (non-hydrogen) atoms. The monoisotopic (exact) mass is 333 g/mol. The van der Waals surface area contributed by atoms with Crippen LogP contribution in [-0.4, -0.2) is 17.6 Å². The molecule has 0 aliphatic heterocycles. The van der Waals surface area contributed by atoms with Crippen molar-refractivity contribution in [2.75, 3.05) is 6.54 Å². The minimum Gasteiger partial charge on any atom is -0.392 e. The minimum atomic E-state index is -0.0710. The van der Waals surface area contributed by atoms with E-state index in [1.807, 2.05) is 36.4 Å². The van der Waals surface area contributed by atoms with E-state index in [4.69, 9.17) is 5.11 Å². The van der Waals surface area contributed by atoms with Gasteiger partial charge in [0.2, 0.25) is 0 Å². The number of aliphatic hydroxyl groups is 1. The quantitative estimate of drug-likeness (QED) is 0.883. The molecule has 3 nitrogen and oxygen atoms in total. The topological polar surface area (TPSA) is 49.3 Å². The van der Waals surface area contributed by atoms with Gasteiger partial charge in [-0.05, 0) is 35.7 Å². The highest BCUT2D eigenvalue weighted by atomic mass is 79.9. The molecule has 0 radical (unpaired) electrons. The first-order chi connectivity index (χ1) is 9.69. The third kappa shape index (κ3) is 4.18. The highest BCUT2D eigenvalue weighted by molar-refractivity contribution is 9.10. The van der Waals surface area contributed by atoms with Crippen LogP contribution in [0, 0.1) is 0 Å². The fourth-order valence-electron chi connectivity index (χ4n) is 1.86. The number of halogens is 1. The fraction of sp³-hybridized carbons (Fsp3) is 0.188. The van der Waals surface area contributed by atoms with Crippen LogP contribution in [0.2, 0.25) is 0 Å². The SMILES string of the molecule is O=C(NCCc1ccc(CO)cc1)c1cccc(Br)c1. The number of aliphatic hydroxyl groups excluding tert-OH is 1. The van der Waals surface area contributed by atoms with E-state index in [0.29, 0.717) is 12.1 Å². The van der Waals surface area contributed by atoms with E-state index >= 15 is 0 Å². The molecule has 0 heterocycles. The number of hydrogen-bond acceptors (Lipinski definition) is 2. The lowest BCUT2D eigenvalue weighted by atomic mass is 10.1. The Labute approximate surface area is 126 Å². The molecule has 104 valence electrons. The Bertz CT molecular complexity index is 581. The number of rotatable bonds is 5. The predicted octanol–water partition coefficient (Wildman–Crippen LogP) is 2.91. The Morgan fingerprint density at radius 3 is 2.45 bits per heavy atom. The largest absolute Gasteiger partial charge is 0.392 e. The van der Waals surface area contributed by atoms with Crippen LogP contribution in [0.1, 0.15) is 21.5 Å². The molecule has 0 unspecified atom stereocenters. The van der Waals surface area contributed by atoms with E-state index in [-0.39, 0.29) is 12.5 Å². The molecule has 4 heteroatoms. The highest BCUT2D eigenvalue weighted by Crippen LogP contribution is 2.11. The zero-order valence-electron chi connectivity index (χ0n) is 11.0. The second-order valence-corrected chi connectivity index (χ2v) is 5.41. The van der Waals surface area contributed by atoms with Gasteiger partial charge >= 0.3 is 0 Å². The predicted molar refractivity (Wildman–Crippen MR) is 82.5 cm³/mol. The summed E-state index contributed by atoms with van der Waals surface area (Å²) in [6.07, 6.45) is 0.769. The average molecular weight is 334 g/mol. The normalized spacial score (nSPS) is 10.3. The van der Waals surface area contributed by atoms with E-state index in [2.05, 4.69) is 21.2 Å². The molecule has 2 rings (SSSR count). The van der Waals surface area contributed by atoms with Crippen molar-refractivity contribution in [3.05, 3.63) is 69.7 Å². The molecule has 0 atom stereocenters. The summed E-state index contributed by atoms with van der Waals surface area (Å²) in [6, 6.07) is 15.0. The van der Waals surface area contributed by atoms with Crippen LogP contribution in [0.4, 0.5) is 0 Å². The van der Waals surface area contributed by atoms with Gasteiger partial charge in [0.05, 0.1) is 6.61 Å². The summed E-state index contributed by atoms with van der Waals surface area (Å²) in [6.45, 7) is 0.643. The summed E-state index contributed by atoms with van der Waals surface area (Å²) in [5.74, 6) is -0.0710. The molecule has 1 amide bonds. The van der Waals surface area contributed by atoms with Gasteiger partial charge in [0.25, 0.3) is 5.91 Å². The van der Waals surface area contributed by atoms with Crippen LogP contribution in [0.25, 0.3) is 0 Å². The molecule has 0 bridgehead atoms. The maximum atomic E-state index is 11.9. The number of carbonyl (C=O) groups excluding carboxylic acids is 1. The molecule has 0 saturated heterocycles. The first kappa shape index (κ1) is 14.8. The van der Waals surface area contributed by atoms with Gasteiger partial charge in [-0.1, -0.05) is 46.3 Å². The average Bonchev–Trinajstić information content (AvgIpc) is 2.48. The third-order valence-corrected chi connectivity index (χ3v) is 3.48. The van der Waals surface area contributed by atoms with Gasteiger partial charge < -0.3 is 10.4 Å². The molecule has 0 aliphatic carbocycles. The van der Waals surface area contributed by atoms with Crippen molar-refractivity contribution in [2.45, 2.75) is 13.0 Å². The Morgan fingerprint density at radius 1 is 1.10 bits per heavy atom. The van der Waals surface area contributed by atoms with Gasteiger partial charge in [-0.15, -0.1) is 0 Å².